The van der Waals surface area contributed by atoms with Crippen molar-refractivity contribution >= 4 is 0 Å². The lowest BCUT2D eigenvalue weighted by molar-refractivity contribution is 0.0395. The number of hydrogen-bond donors (Lipinski definition) is 0. The molecule has 0 amide bonds. The summed E-state index contributed by atoms with van der Waals surface area (Å²) in [4.78, 5) is 0. The van der Waals surface area contributed by atoms with Crippen LogP contribution in [0.15, 0.2) is 23.3 Å². The zero-order chi connectivity index (χ0) is 14.6. The molecule has 0 radical (unpaired) electrons. The van der Waals surface area contributed by atoms with Crippen LogP contribution in [0.4, 0.5) is 0 Å². The SMILES string of the molecule is CC.CCC.CCCC1=CCC(C)(OC)C(C)=C1. The maximum atomic E-state index is 5.50. The molecule has 0 bridgehead atoms. The second kappa shape index (κ2) is 11.5. The van der Waals surface area contributed by atoms with Gasteiger partial charge in [-0.05, 0) is 32.3 Å². The molecule has 0 fully saturated rings. The molecule has 1 heteroatoms. The van der Waals surface area contributed by atoms with Crippen molar-refractivity contribution in [3.05, 3.63) is 23.3 Å². The third-order valence-electron chi connectivity index (χ3n) is 2.98. The van der Waals surface area contributed by atoms with E-state index < -0.39 is 0 Å². The summed E-state index contributed by atoms with van der Waals surface area (Å²) in [7, 11) is 1.79. The average molecular weight is 254 g/mol. The topological polar surface area (TPSA) is 9.23 Å². The van der Waals surface area contributed by atoms with Crippen LogP contribution in [-0.4, -0.2) is 12.7 Å². The third kappa shape index (κ3) is 7.00. The largest absolute Gasteiger partial charge is 0.374 e. The van der Waals surface area contributed by atoms with E-state index in [9.17, 15) is 0 Å². The first-order valence-corrected chi connectivity index (χ1v) is 7.47. The monoisotopic (exact) mass is 254 g/mol. The van der Waals surface area contributed by atoms with E-state index in [-0.39, 0.29) is 5.60 Å². The lowest BCUT2D eigenvalue weighted by Crippen LogP contribution is -2.29. The van der Waals surface area contributed by atoms with Gasteiger partial charge in [0.05, 0.1) is 5.60 Å². The van der Waals surface area contributed by atoms with Crippen molar-refractivity contribution in [2.45, 2.75) is 79.8 Å². The second-order valence-corrected chi connectivity index (χ2v) is 4.70. The first-order valence-electron chi connectivity index (χ1n) is 7.47. The van der Waals surface area contributed by atoms with Crippen molar-refractivity contribution in [2.24, 2.45) is 0 Å². The molecule has 0 aromatic rings. The Morgan fingerprint density at radius 3 is 2.06 bits per heavy atom. The van der Waals surface area contributed by atoms with Crippen molar-refractivity contribution in [3.8, 4) is 0 Å². The second-order valence-electron chi connectivity index (χ2n) is 4.70. The molecule has 1 atom stereocenters. The Labute approximate surface area is 115 Å². The van der Waals surface area contributed by atoms with Gasteiger partial charge in [-0.1, -0.05) is 65.2 Å². The Morgan fingerprint density at radius 1 is 1.22 bits per heavy atom. The van der Waals surface area contributed by atoms with Crippen molar-refractivity contribution < 1.29 is 4.74 Å². The Kier molecular flexibility index (Phi) is 12.7. The molecule has 1 nitrogen and oxygen atoms in total. The maximum Gasteiger partial charge on any atom is 0.0894 e. The van der Waals surface area contributed by atoms with Crippen LogP contribution >= 0.6 is 0 Å². The zero-order valence-corrected chi connectivity index (χ0v) is 13.9. The van der Waals surface area contributed by atoms with Crippen LogP contribution in [0.3, 0.4) is 0 Å². The zero-order valence-electron chi connectivity index (χ0n) is 13.9. The number of rotatable bonds is 3. The van der Waals surface area contributed by atoms with Crippen LogP contribution in [0, 0.1) is 0 Å². The van der Waals surface area contributed by atoms with Crippen LogP contribution in [-0.2, 0) is 4.74 Å². The molecule has 0 spiro atoms. The molecule has 108 valence electrons. The molecular formula is C17H34O. The Hall–Kier alpha value is -0.560. The minimum absolute atomic E-state index is 0.0583. The van der Waals surface area contributed by atoms with Gasteiger partial charge in [0.15, 0.2) is 0 Å². The van der Waals surface area contributed by atoms with Crippen molar-refractivity contribution in [1.82, 2.24) is 0 Å². The van der Waals surface area contributed by atoms with Crippen LogP contribution in [0.5, 0.6) is 0 Å². The molecule has 1 aliphatic rings. The van der Waals surface area contributed by atoms with E-state index >= 15 is 0 Å². The Morgan fingerprint density at radius 2 is 1.72 bits per heavy atom. The molecule has 1 unspecified atom stereocenters. The molecule has 1 aliphatic carbocycles. The fourth-order valence-electron chi connectivity index (χ4n) is 1.68. The highest BCUT2D eigenvalue weighted by molar-refractivity contribution is 5.33. The van der Waals surface area contributed by atoms with Crippen LogP contribution in [0.1, 0.15) is 74.1 Å². The third-order valence-corrected chi connectivity index (χ3v) is 2.98. The van der Waals surface area contributed by atoms with Gasteiger partial charge in [-0.25, -0.2) is 0 Å². The van der Waals surface area contributed by atoms with E-state index in [2.05, 4.69) is 46.8 Å². The van der Waals surface area contributed by atoms with Gasteiger partial charge >= 0.3 is 0 Å². The van der Waals surface area contributed by atoms with Gasteiger partial charge in [0.1, 0.15) is 0 Å². The summed E-state index contributed by atoms with van der Waals surface area (Å²) in [5, 5.41) is 0. The highest BCUT2D eigenvalue weighted by Gasteiger charge is 2.27. The first-order chi connectivity index (χ1) is 8.53. The van der Waals surface area contributed by atoms with Crippen LogP contribution in [0.25, 0.3) is 0 Å². The smallest absolute Gasteiger partial charge is 0.0894 e. The molecule has 1 rings (SSSR count). The van der Waals surface area contributed by atoms with Crippen LogP contribution < -0.4 is 0 Å². The first kappa shape index (κ1) is 19.8. The number of hydrogen-bond acceptors (Lipinski definition) is 1. The van der Waals surface area contributed by atoms with Gasteiger partial charge in [0.2, 0.25) is 0 Å². The minimum atomic E-state index is -0.0583. The average Bonchev–Trinajstić information content (AvgIpc) is 2.38. The summed E-state index contributed by atoms with van der Waals surface area (Å²) in [5.41, 5.74) is 2.76. The highest BCUT2D eigenvalue weighted by atomic mass is 16.5. The van der Waals surface area contributed by atoms with Crippen molar-refractivity contribution in [1.29, 1.82) is 0 Å². The Bertz CT molecular complexity index is 250. The lowest BCUT2D eigenvalue weighted by Gasteiger charge is -2.31. The van der Waals surface area contributed by atoms with Crippen molar-refractivity contribution in [2.75, 3.05) is 7.11 Å². The lowest BCUT2D eigenvalue weighted by atomic mass is 9.85. The summed E-state index contributed by atoms with van der Waals surface area (Å²) in [6, 6.07) is 0. The van der Waals surface area contributed by atoms with Gasteiger partial charge in [0, 0.05) is 7.11 Å². The van der Waals surface area contributed by atoms with Gasteiger partial charge in [-0.15, -0.1) is 0 Å². The molecular weight excluding hydrogens is 220 g/mol. The van der Waals surface area contributed by atoms with E-state index in [0.717, 1.165) is 6.42 Å². The maximum absolute atomic E-state index is 5.50. The predicted octanol–water partition coefficient (Wildman–Crippen LogP) is 5.91. The molecule has 0 aromatic carbocycles. The van der Waals surface area contributed by atoms with E-state index in [1.165, 1.54) is 30.4 Å². The van der Waals surface area contributed by atoms with Gasteiger partial charge in [0.25, 0.3) is 0 Å². The molecule has 18 heavy (non-hydrogen) atoms. The van der Waals surface area contributed by atoms with Crippen LogP contribution in [0.2, 0.25) is 0 Å². The van der Waals surface area contributed by atoms with E-state index in [1.807, 2.05) is 13.8 Å². The summed E-state index contributed by atoms with van der Waals surface area (Å²) < 4.78 is 5.50. The quantitative estimate of drug-likeness (QED) is 0.608. The fourth-order valence-corrected chi connectivity index (χ4v) is 1.68. The predicted molar refractivity (Wildman–Crippen MR) is 84.1 cm³/mol. The van der Waals surface area contributed by atoms with Gasteiger partial charge < -0.3 is 4.74 Å². The number of ether oxygens (including phenoxy) is 1. The number of allylic oxidation sites excluding steroid dienone is 2. The molecule has 0 N–H and O–H groups in total. The van der Waals surface area contributed by atoms with Gasteiger partial charge in [-0.3, -0.25) is 0 Å². The van der Waals surface area contributed by atoms with E-state index in [4.69, 9.17) is 4.74 Å². The van der Waals surface area contributed by atoms with E-state index in [0.29, 0.717) is 0 Å². The summed E-state index contributed by atoms with van der Waals surface area (Å²) in [5.74, 6) is 0. The van der Waals surface area contributed by atoms with Crippen molar-refractivity contribution in [3.63, 3.8) is 0 Å². The molecule has 0 saturated heterocycles. The summed E-state index contributed by atoms with van der Waals surface area (Å²) >= 11 is 0. The number of methoxy groups -OCH3 is 1. The fraction of sp³-hybridized carbons (Fsp3) is 0.765. The molecule has 0 saturated carbocycles. The standard InChI is InChI=1S/C12H20O.C3H8.C2H6/c1-5-6-11-7-8-12(3,13-4)10(2)9-11;1-3-2;1-2/h7,9H,5-6,8H2,1-4H3;3H2,1-2H3;1-2H3. The summed E-state index contributed by atoms with van der Waals surface area (Å²) in [6.07, 6.45) is 9.26. The minimum Gasteiger partial charge on any atom is -0.374 e. The van der Waals surface area contributed by atoms with E-state index in [1.54, 1.807) is 7.11 Å². The Balaban J connectivity index is 0. The highest BCUT2D eigenvalue weighted by Crippen LogP contribution is 2.31. The normalized spacial score (nSPS) is 21.8. The summed E-state index contributed by atoms with van der Waals surface area (Å²) in [6.45, 7) is 14.8. The molecule has 0 aliphatic heterocycles. The molecule has 0 heterocycles. The molecule has 0 aromatic heterocycles. The van der Waals surface area contributed by atoms with Gasteiger partial charge in [-0.2, -0.15) is 0 Å².